The van der Waals surface area contributed by atoms with Crippen molar-refractivity contribution < 1.29 is 9.53 Å². The Morgan fingerprint density at radius 2 is 1.87 bits per heavy atom. The molecule has 1 amide bonds. The van der Waals surface area contributed by atoms with Crippen molar-refractivity contribution in [1.29, 1.82) is 0 Å². The lowest BCUT2D eigenvalue weighted by Gasteiger charge is -2.13. The molecule has 2 N–H and O–H groups in total. The third-order valence-electron chi connectivity index (χ3n) is 4.34. The molecule has 0 spiro atoms. The molecule has 1 aromatic heterocycles. The van der Waals surface area contributed by atoms with E-state index in [2.05, 4.69) is 10.6 Å². The van der Waals surface area contributed by atoms with E-state index in [4.69, 9.17) is 33.5 Å². The van der Waals surface area contributed by atoms with Gasteiger partial charge in [-0.15, -0.1) is 11.3 Å². The summed E-state index contributed by atoms with van der Waals surface area (Å²) in [5, 5.41) is 7.18. The molecular weight excluding hydrogens is 438 g/mol. The summed E-state index contributed by atoms with van der Waals surface area (Å²) >= 11 is 13.1. The molecule has 0 atom stereocenters. The number of amides is 1. The van der Waals surface area contributed by atoms with Gasteiger partial charge in [0.25, 0.3) is 5.91 Å². The fourth-order valence-corrected chi connectivity index (χ4v) is 4.37. The Labute approximate surface area is 187 Å². The number of carbonyl (C=O) groups is 1. The topological polar surface area (TPSA) is 63.2 Å². The molecule has 0 aliphatic rings. The standard InChI is InChI=1S/C22H16ClN3O2S2/c1-28-18-11-10-13(12-15(18)23)20(27)26-22(29)25-16-7-3-2-6-14(16)21-24-17-8-4-5-9-19(17)30-21/h2-12H,1H3,(H2,25,26,27,29). The maximum Gasteiger partial charge on any atom is 0.257 e. The molecule has 150 valence electrons. The Hall–Kier alpha value is -3.00. The highest BCUT2D eigenvalue weighted by atomic mass is 35.5. The third kappa shape index (κ3) is 4.28. The van der Waals surface area contributed by atoms with Crippen LogP contribution in [0.15, 0.2) is 66.7 Å². The summed E-state index contributed by atoms with van der Waals surface area (Å²) in [5.74, 6) is 0.133. The fraction of sp³-hybridized carbons (Fsp3) is 0.0455. The molecule has 0 fully saturated rings. The molecule has 5 nitrogen and oxygen atoms in total. The number of ether oxygens (including phenoxy) is 1. The summed E-state index contributed by atoms with van der Waals surface area (Å²) in [6, 6.07) is 20.5. The number of aromatic nitrogens is 1. The Morgan fingerprint density at radius 1 is 1.10 bits per heavy atom. The van der Waals surface area contributed by atoms with Crippen molar-refractivity contribution in [3.8, 4) is 16.3 Å². The second kappa shape index (κ2) is 8.79. The predicted molar refractivity (Wildman–Crippen MR) is 127 cm³/mol. The van der Waals surface area contributed by atoms with Crippen molar-refractivity contribution >= 4 is 62.1 Å². The van der Waals surface area contributed by atoms with E-state index in [1.54, 1.807) is 23.5 Å². The van der Waals surface area contributed by atoms with E-state index < -0.39 is 0 Å². The fourth-order valence-electron chi connectivity index (χ4n) is 2.90. The molecule has 0 aliphatic carbocycles. The number of fused-ring (bicyclic) bond motifs is 1. The number of hydrogen-bond donors (Lipinski definition) is 2. The van der Waals surface area contributed by atoms with Crippen molar-refractivity contribution in [1.82, 2.24) is 10.3 Å². The zero-order valence-corrected chi connectivity index (χ0v) is 18.2. The number of methoxy groups -OCH3 is 1. The number of benzene rings is 3. The first-order chi connectivity index (χ1) is 14.5. The number of thiocarbonyl (C=S) groups is 1. The molecule has 30 heavy (non-hydrogen) atoms. The Morgan fingerprint density at radius 3 is 2.63 bits per heavy atom. The van der Waals surface area contributed by atoms with Gasteiger partial charge in [-0.3, -0.25) is 10.1 Å². The lowest BCUT2D eigenvalue weighted by Crippen LogP contribution is -2.34. The van der Waals surface area contributed by atoms with E-state index in [9.17, 15) is 4.79 Å². The molecule has 4 aromatic rings. The second-order valence-corrected chi connectivity index (χ2v) is 8.14. The first-order valence-corrected chi connectivity index (χ1v) is 10.6. The van der Waals surface area contributed by atoms with E-state index in [1.165, 1.54) is 13.2 Å². The first kappa shape index (κ1) is 20.3. The van der Waals surface area contributed by atoms with Crippen LogP contribution in [0, 0.1) is 0 Å². The van der Waals surface area contributed by atoms with Gasteiger partial charge in [-0.2, -0.15) is 0 Å². The number of carbonyl (C=O) groups excluding carboxylic acids is 1. The molecule has 8 heteroatoms. The summed E-state index contributed by atoms with van der Waals surface area (Å²) in [7, 11) is 1.52. The van der Waals surface area contributed by atoms with Gasteiger partial charge in [0.1, 0.15) is 10.8 Å². The molecule has 0 aliphatic heterocycles. The highest BCUT2D eigenvalue weighted by Crippen LogP contribution is 2.34. The first-order valence-electron chi connectivity index (χ1n) is 8.96. The van der Waals surface area contributed by atoms with Crippen LogP contribution in [0.1, 0.15) is 10.4 Å². The van der Waals surface area contributed by atoms with E-state index >= 15 is 0 Å². The molecule has 0 saturated carbocycles. The van der Waals surface area contributed by atoms with Gasteiger partial charge in [0, 0.05) is 11.1 Å². The Bertz CT molecular complexity index is 1220. The van der Waals surface area contributed by atoms with Crippen molar-refractivity contribution in [2.75, 3.05) is 12.4 Å². The smallest absolute Gasteiger partial charge is 0.257 e. The van der Waals surface area contributed by atoms with Crippen LogP contribution in [0.4, 0.5) is 5.69 Å². The van der Waals surface area contributed by atoms with Gasteiger partial charge in [-0.1, -0.05) is 35.9 Å². The van der Waals surface area contributed by atoms with Gasteiger partial charge < -0.3 is 10.1 Å². The quantitative estimate of drug-likeness (QED) is 0.385. The van der Waals surface area contributed by atoms with Crippen molar-refractivity contribution in [2.45, 2.75) is 0 Å². The number of hydrogen-bond acceptors (Lipinski definition) is 5. The van der Waals surface area contributed by atoms with E-state index in [-0.39, 0.29) is 11.0 Å². The van der Waals surface area contributed by atoms with Crippen LogP contribution >= 0.6 is 35.2 Å². The van der Waals surface area contributed by atoms with Crippen LogP contribution in [0.2, 0.25) is 5.02 Å². The van der Waals surface area contributed by atoms with Crippen LogP contribution in [0.25, 0.3) is 20.8 Å². The lowest BCUT2D eigenvalue weighted by molar-refractivity contribution is 0.0977. The monoisotopic (exact) mass is 453 g/mol. The maximum absolute atomic E-state index is 12.5. The molecular formula is C22H16ClN3O2S2. The number of nitrogens with zero attached hydrogens (tertiary/aromatic N) is 1. The van der Waals surface area contributed by atoms with E-state index in [1.807, 2.05) is 48.5 Å². The summed E-state index contributed by atoms with van der Waals surface area (Å²) in [4.78, 5) is 17.2. The lowest BCUT2D eigenvalue weighted by atomic mass is 10.2. The van der Waals surface area contributed by atoms with Gasteiger partial charge in [-0.05, 0) is 54.7 Å². The summed E-state index contributed by atoms with van der Waals surface area (Å²) in [6.45, 7) is 0. The minimum Gasteiger partial charge on any atom is -0.495 e. The van der Waals surface area contributed by atoms with E-state index in [0.29, 0.717) is 16.3 Å². The maximum atomic E-state index is 12.5. The van der Waals surface area contributed by atoms with Crippen molar-refractivity contribution in [3.63, 3.8) is 0 Å². The largest absolute Gasteiger partial charge is 0.495 e. The normalized spacial score (nSPS) is 10.6. The number of nitrogens with one attached hydrogen (secondary N) is 2. The Kier molecular flexibility index (Phi) is 5.94. The van der Waals surface area contributed by atoms with Crippen molar-refractivity contribution in [2.24, 2.45) is 0 Å². The van der Waals surface area contributed by atoms with Gasteiger partial charge in [-0.25, -0.2) is 4.98 Å². The number of para-hydroxylation sites is 2. The van der Waals surface area contributed by atoms with Gasteiger partial charge in [0.2, 0.25) is 0 Å². The molecule has 0 unspecified atom stereocenters. The van der Waals surface area contributed by atoms with Gasteiger partial charge >= 0.3 is 0 Å². The number of anilines is 1. The molecule has 0 saturated heterocycles. The van der Waals surface area contributed by atoms with Crippen LogP contribution in [0.5, 0.6) is 5.75 Å². The van der Waals surface area contributed by atoms with Crippen LogP contribution < -0.4 is 15.4 Å². The summed E-state index contributed by atoms with van der Waals surface area (Å²) in [6.07, 6.45) is 0. The molecule has 1 heterocycles. The van der Waals surface area contributed by atoms with Crippen LogP contribution in [0.3, 0.4) is 0 Å². The SMILES string of the molecule is COc1ccc(C(=O)NC(=S)Nc2ccccc2-c2nc3ccccc3s2)cc1Cl. The van der Waals surface area contributed by atoms with E-state index in [0.717, 1.165) is 26.5 Å². The minimum atomic E-state index is -0.366. The second-order valence-electron chi connectivity index (χ2n) is 6.29. The van der Waals surface area contributed by atoms with Crippen molar-refractivity contribution in [3.05, 3.63) is 77.3 Å². The highest BCUT2D eigenvalue weighted by molar-refractivity contribution is 7.80. The zero-order chi connectivity index (χ0) is 21.1. The van der Waals surface area contributed by atoms with Gasteiger partial charge in [0.15, 0.2) is 5.11 Å². The number of halogens is 1. The molecule has 3 aromatic carbocycles. The Balaban J connectivity index is 1.52. The third-order valence-corrected chi connectivity index (χ3v) is 5.91. The average Bonchev–Trinajstić information content (AvgIpc) is 3.18. The number of thiazole rings is 1. The minimum absolute atomic E-state index is 0.181. The number of rotatable bonds is 4. The predicted octanol–water partition coefficient (Wildman–Crippen LogP) is 5.75. The van der Waals surface area contributed by atoms with Crippen LogP contribution in [-0.2, 0) is 0 Å². The highest BCUT2D eigenvalue weighted by Gasteiger charge is 2.14. The molecule has 0 radical (unpaired) electrons. The summed E-state index contributed by atoms with van der Waals surface area (Å²) < 4.78 is 6.22. The zero-order valence-electron chi connectivity index (χ0n) is 15.8. The average molecular weight is 454 g/mol. The molecule has 0 bridgehead atoms. The van der Waals surface area contributed by atoms with Crippen LogP contribution in [-0.4, -0.2) is 23.1 Å². The molecule has 4 rings (SSSR count). The summed E-state index contributed by atoms with van der Waals surface area (Å²) in [5.41, 5.74) is 2.99. The van der Waals surface area contributed by atoms with Gasteiger partial charge in [0.05, 0.1) is 28.0 Å².